The smallest absolute Gasteiger partial charge is 0.306 e. The summed E-state index contributed by atoms with van der Waals surface area (Å²) in [6, 6.07) is 25.2. The monoisotopic (exact) mass is 521 g/mol. The number of methoxy groups -OCH3 is 2. The van der Waals surface area contributed by atoms with Gasteiger partial charge < -0.3 is 29.4 Å². The molecule has 0 aliphatic carbocycles. The maximum atomic E-state index is 12.3. The van der Waals surface area contributed by atoms with Gasteiger partial charge in [0.25, 0.3) is 0 Å². The van der Waals surface area contributed by atoms with Crippen molar-refractivity contribution in [3.63, 3.8) is 0 Å². The normalized spacial score (nSPS) is 12.0. The zero-order valence-corrected chi connectivity index (χ0v) is 22.0. The van der Waals surface area contributed by atoms with E-state index >= 15 is 0 Å². The standard InChI is InChI=1S/C30H35NO7/c1-4-31-20-27(21-37-29(34)19-18-28(32)33)38-30(22-8-6-5-7-9-22,23-10-14-25(35-2)15-11-23)24-12-16-26(36-3)17-13-24/h5-17,27,31H,4,18-21H2,1-3H3,(H,32,33). The Balaban J connectivity index is 2.10. The average molecular weight is 522 g/mol. The minimum atomic E-state index is -1.08. The van der Waals surface area contributed by atoms with Crippen molar-refractivity contribution in [2.24, 2.45) is 0 Å². The Morgan fingerprint density at radius 1 is 0.816 bits per heavy atom. The number of nitrogens with one attached hydrogen (secondary N) is 1. The Morgan fingerprint density at radius 3 is 1.82 bits per heavy atom. The van der Waals surface area contributed by atoms with Crippen molar-refractivity contribution in [2.45, 2.75) is 31.5 Å². The maximum Gasteiger partial charge on any atom is 0.306 e. The topological polar surface area (TPSA) is 103 Å². The Labute approximate surface area is 223 Å². The SMILES string of the molecule is CCNCC(COC(=O)CCC(=O)O)OC(c1ccccc1)(c1ccc(OC)cc1)c1ccc(OC)cc1. The summed E-state index contributed by atoms with van der Waals surface area (Å²) in [5, 5.41) is 12.2. The molecular formula is C30H35NO7. The molecule has 0 fully saturated rings. The van der Waals surface area contributed by atoms with E-state index in [9.17, 15) is 9.59 Å². The number of hydrogen-bond donors (Lipinski definition) is 2. The van der Waals surface area contributed by atoms with Gasteiger partial charge in [-0.1, -0.05) is 61.5 Å². The van der Waals surface area contributed by atoms with E-state index in [1.807, 2.05) is 85.8 Å². The molecule has 0 amide bonds. The van der Waals surface area contributed by atoms with E-state index in [-0.39, 0.29) is 19.4 Å². The molecule has 0 saturated carbocycles. The van der Waals surface area contributed by atoms with E-state index in [4.69, 9.17) is 24.1 Å². The third-order valence-corrected chi connectivity index (χ3v) is 6.11. The van der Waals surface area contributed by atoms with Crippen LogP contribution in [0.1, 0.15) is 36.5 Å². The predicted molar refractivity (Wildman–Crippen MR) is 144 cm³/mol. The minimum absolute atomic E-state index is 0.0493. The van der Waals surface area contributed by atoms with Gasteiger partial charge in [0, 0.05) is 6.54 Å². The van der Waals surface area contributed by atoms with Gasteiger partial charge in [0.1, 0.15) is 29.8 Å². The van der Waals surface area contributed by atoms with Crippen LogP contribution >= 0.6 is 0 Å². The van der Waals surface area contributed by atoms with Gasteiger partial charge in [-0.05, 0) is 47.5 Å². The van der Waals surface area contributed by atoms with Crippen LogP contribution in [0.3, 0.4) is 0 Å². The number of carbonyl (C=O) groups excluding carboxylic acids is 1. The molecule has 8 nitrogen and oxygen atoms in total. The second-order valence-corrected chi connectivity index (χ2v) is 8.63. The lowest BCUT2D eigenvalue weighted by Gasteiger charge is -2.39. The largest absolute Gasteiger partial charge is 0.497 e. The van der Waals surface area contributed by atoms with Crippen LogP contribution in [0, 0.1) is 0 Å². The number of carbonyl (C=O) groups is 2. The molecular weight excluding hydrogens is 486 g/mol. The van der Waals surface area contributed by atoms with Crippen molar-refractivity contribution < 1.29 is 33.6 Å². The molecule has 0 aliphatic rings. The van der Waals surface area contributed by atoms with E-state index in [0.717, 1.165) is 16.7 Å². The number of carboxylic acids is 1. The fourth-order valence-electron chi connectivity index (χ4n) is 4.19. The lowest BCUT2D eigenvalue weighted by Crippen LogP contribution is -2.43. The number of carboxylic acid groups (broad SMARTS) is 1. The van der Waals surface area contributed by atoms with Crippen LogP contribution in [0.25, 0.3) is 0 Å². The molecule has 3 aromatic rings. The summed E-state index contributed by atoms with van der Waals surface area (Å²) in [7, 11) is 3.23. The minimum Gasteiger partial charge on any atom is -0.497 e. The molecule has 8 heteroatoms. The number of rotatable bonds is 15. The molecule has 0 bridgehead atoms. The van der Waals surface area contributed by atoms with Gasteiger partial charge in [0.05, 0.1) is 27.1 Å². The van der Waals surface area contributed by atoms with Gasteiger partial charge in [-0.3, -0.25) is 9.59 Å². The molecule has 0 saturated heterocycles. The Hall–Kier alpha value is -3.88. The summed E-state index contributed by atoms with van der Waals surface area (Å²) in [4.78, 5) is 23.1. The van der Waals surface area contributed by atoms with Crippen LogP contribution in [-0.4, -0.2) is 57.1 Å². The highest BCUT2D eigenvalue weighted by Crippen LogP contribution is 2.42. The first-order chi connectivity index (χ1) is 18.4. The maximum absolute atomic E-state index is 12.3. The number of likely N-dealkylation sites (N-methyl/N-ethyl adjacent to an activating group) is 1. The van der Waals surface area contributed by atoms with Gasteiger partial charge >= 0.3 is 11.9 Å². The molecule has 2 N–H and O–H groups in total. The van der Waals surface area contributed by atoms with Crippen molar-refractivity contribution in [1.29, 1.82) is 0 Å². The highest BCUT2D eigenvalue weighted by Gasteiger charge is 2.40. The van der Waals surface area contributed by atoms with E-state index in [1.165, 1.54) is 0 Å². The Bertz CT molecular complexity index is 1100. The van der Waals surface area contributed by atoms with Crippen LogP contribution < -0.4 is 14.8 Å². The summed E-state index contributed by atoms with van der Waals surface area (Å²) >= 11 is 0. The molecule has 0 spiro atoms. The van der Waals surface area contributed by atoms with Crippen LogP contribution in [-0.2, 0) is 24.7 Å². The average Bonchev–Trinajstić information content (AvgIpc) is 2.96. The Morgan fingerprint density at radius 2 is 1.34 bits per heavy atom. The van der Waals surface area contributed by atoms with E-state index < -0.39 is 23.6 Å². The summed E-state index contributed by atoms with van der Waals surface area (Å²) < 4.78 is 23.2. The van der Waals surface area contributed by atoms with Crippen molar-refractivity contribution in [3.8, 4) is 11.5 Å². The van der Waals surface area contributed by atoms with Crippen molar-refractivity contribution in [3.05, 3.63) is 95.6 Å². The van der Waals surface area contributed by atoms with Crippen LogP contribution in [0.15, 0.2) is 78.9 Å². The van der Waals surface area contributed by atoms with E-state index in [0.29, 0.717) is 24.6 Å². The lowest BCUT2D eigenvalue weighted by atomic mass is 9.79. The van der Waals surface area contributed by atoms with Gasteiger partial charge in [-0.25, -0.2) is 0 Å². The molecule has 1 atom stereocenters. The van der Waals surface area contributed by atoms with E-state index in [1.54, 1.807) is 14.2 Å². The quantitative estimate of drug-likeness (QED) is 0.224. The number of ether oxygens (including phenoxy) is 4. The lowest BCUT2D eigenvalue weighted by molar-refractivity contribution is -0.153. The van der Waals surface area contributed by atoms with Gasteiger partial charge in [-0.15, -0.1) is 0 Å². The van der Waals surface area contributed by atoms with Gasteiger partial charge in [-0.2, -0.15) is 0 Å². The van der Waals surface area contributed by atoms with Crippen molar-refractivity contribution in [1.82, 2.24) is 5.32 Å². The molecule has 0 heterocycles. The fourth-order valence-corrected chi connectivity index (χ4v) is 4.19. The third kappa shape index (κ3) is 7.34. The highest BCUT2D eigenvalue weighted by molar-refractivity contribution is 5.76. The Kier molecular flexibility index (Phi) is 10.7. The summed E-state index contributed by atoms with van der Waals surface area (Å²) in [6.07, 6.45) is -1.05. The van der Waals surface area contributed by atoms with Crippen LogP contribution in [0.5, 0.6) is 11.5 Å². The molecule has 1 unspecified atom stereocenters. The van der Waals surface area contributed by atoms with Crippen LogP contribution in [0.4, 0.5) is 0 Å². The number of benzene rings is 3. The number of esters is 1. The number of hydrogen-bond acceptors (Lipinski definition) is 7. The molecule has 0 aromatic heterocycles. The highest BCUT2D eigenvalue weighted by atomic mass is 16.6. The predicted octanol–water partition coefficient (Wildman–Crippen LogP) is 4.40. The second-order valence-electron chi connectivity index (χ2n) is 8.63. The van der Waals surface area contributed by atoms with Gasteiger partial charge in [0.15, 0.2) is 0 Å². The molecule has 0 radical (unpaired) electrons. The number of aliphatic carboxylic acids is 1. The molecule has 38 heavy (non-hydrogen) atoms. The molecule has 3 aromatic carbocycles. The molecule has 3 rings (SSSR count). The first kappa shape index (κ1) is 28.7. The summed E-state index contributed by atoms with van der Waals surface area (Å²) in [5.74, 6) is -0.217. The van der Waals surface area contributed by atoms with Gasteiger partial charge in [0.2, 0.25) is 0 Å². The summed E-state index contributed by atoms with van der Waals surface area (Å²) in [5.41, 5.74) is 1.52. The van der Waals surface area contributed by atoms with Crippen molar-refractivity contribution >= 4 is 11.9 Å². The first-order valence-corrected chi connectivity index (χ1v) is 12.5. The first-order valence-electron chi connectivity index (χ1n) is 12.5. The second kappa shape index (κ2) is 14.2. The zero-order chi connectivity index (χ0) is 27.4. The molecule has 0 aliphatic heterocycles. The fraction of sp³-hybridized carbons (Fsp3) is 0.333. The summed E-state index contributed by atoms with van der Waals surface area (Å²) in [6.45, 7) is 3.03. The third-order valence-electron chi connectivity index (χ3n) is 6.11. The molecule has 202 valence electrons. The van der Waals surface area contributed by atoms with Crippen LogP contribution in [0.2, 0.25) is 0 Å². The van der Waals surface area contributed by atoms with E-state index in [2.05, 4.69) is 5.32 Å². The van der Waals surface area contributed by atoms with Crippen molar-refractivity contribution in [2.75, 3.05) is 33.9 Å². The zero-order valence-electron chi connectivity index (χ0n) is 22.0.